The second kappa shape index (κ2) is 15.1. The van der Waals surface area contributed by atoms with Crippen LogP contribution in [0.5, 0.6) is 0 Å². The first-order chi connectivity index (χ1) is 16.0. The molecule has 1 unspecified atom stereocenters. The van der Waals surface area contributed by atoms with Crippen LogP contribution < -0.4 is 0 Å². The van der Waals surface area contributed by atoms with Gasteiger partial charge in [0.25, 0.3) is 0 Å². The minimum absolute atomic E-state index is 0.0938. The number of aryl methyl sites for hydroxylation is 1. The van der Waals surface area contributed by atoms with E-state index in [1.807, 2.05) is 6.08 Å². The van der Waals surface area contributed by atoms with Crippen LogP contribution >= 0.6 is 11.6 Å². The molecular weight excluding hydrogens is 455 g/mol. The maximum absolute atomic E-state index is 12.9. The van der Waals surface area contributed by atoms with Gasteiger partial charge in [-0.3, -0.25) is 0 Å². The number of halogens is 4. The number of unbranched alkanes of at least 4 members (excludes halogenated alkanes) is 4. The Hall–Kier alpha value is -1.94. The summed E-state index contributed by atoms with van der Waals surface area (Å²) in [6, 6.07) is 5.32. The van der Waals surface area contributed by atoms with E-state index in [0.29, 0.717) is 17.0 Å². The minimum atomic E-state index is -4.21. The van der Waals surface area contributed by atoms with Crippen LogP contribution in [0.1, 0.15) is 83.3 Å². The summed E-state index contributed by atoms with van der Waals surface area (Å²) in [6.45, 7) is 14.4. The Morgan fingerprint density at radius 3 is 2.38 bits per heavy atom. The number of benzene rings is 1. The van der Waals surface area contributed by atoms with E-state index in [9.17, 15) is 13.2 Å². The summed E-state index contributed by atoms with van der Waals surface area (Å²) in [5, 5.41) is 0.497. The molecule has 0 radical (unpaired) electrons. The molecule has 0 aliphatic carbocycles. The van der Waals surface area contributed by atoms with Crippen molar-refractivity contribution in [2.75, 3.05) is 7.05 Å². The molecule has 0 aliphatic heterocycles. The number of alkyl halides is 3. The smallest absolute Gasteiger partial charge is 0.373 e. The summed E-state index contributed by atoms with van der Waals surface area (Å²) in [4.78, 5) is 2.19. The molecule has 0 fully saturated rings. The van der Waals surface area contributed by atoms with Crippen LogP contribution in [-0.4, -0.2) is 24.2 Å². The van der Waals surface area contributed by atoms with Crippen LogP contribution in [0.25, 0.3) is 5.57 Å². The second-order valence-corrected chi connectivity index (χ2v) is 9.41. The Bertz CT molecular complexity index is 851. The third-order valence-electron chi connectivity index (χ3n) is 6.05. The lowest BCUT2D eigenvalue weighted by atomic mass is 9.90. The number of nitrogens with zero attached hydrogens (tertiary/aromatic N) is 1. The van der Waals surface area contributed by atoms with Crippen molar-refractivity contribution in [3.05, 3.63) is 77.0 Å². The molecule has 190 valence electrons. The zero-order chi connectivity index (χ0) is 25.7. The van der Waals surface area contributed by atoms with Crippen molar-refractivity contribution in [2.24, 2.45) is 0 Å². The minimum Gasteiger partial charge on any atom is -0.373 e. The maximum Gasteiger partial charge on any atom is 0.389 e. The third kappa shape index (κ3) is 10.5. The van der Waals surface area contributed by atoms with Crippen molar-refractivity contribution in [1.29, 1.82) is 0 Å². The topological polar surface area (TPSA) is 3.24 Å². The Morgan fingerprint density at radius 1 is 1.15 bits per heavy atom. The van der Waals surface area contributed by atoms with Gasteiger partial charge in [0.1, 0.15) is 0 Å². The molecular formula is C29H41ClF3N. The molecule has 0 bridgehead atoms. The van der Waals surface area contributed by atoms with Crippen molar-refractivity contribution in [3.8, 4) is 0 Å². The molecule has 5 heteroatoms. The van der Waals surface area contributed by atoms with Gasteiger partial charge in [-0.15, -0.1) is 0 Å². The van der Waals surface area contributed by atoms with E-state index >= 15 is 0 Å². The van der Waals surface area contributed by atoms with E-state index in [0.717, 1.165) is 35.1 Å². The molecule has 0 heterocycles. The number of rotatable bonds is 15. The number of hydrogen-bond acceptors (Lipinski definition) is 1. The number of hydrogen-bond donors (Lipinski definition) is 0. The van der Waals surface area contributed by atoms with E-state index in [1.165, 1.54) is 25.7 Å². The first-order valence-electron chi connectivity index (χ1n) is 12.3. The van der Waals surface area contributed by atoms with Crippen LogP contribution in [0, 0.1) is 0 Å². The van der Waals surface area contributed by atoms with Gasteiger partial charge >= 0.3 is 6.18 Å². The van der Waals surface area contributed by atoms with Crippen molar-refractivity contribution < 1.29 is 13.2 Å². The van der Waals surface area contributed by atoms with Gasteiger partial charge in [0.05, 0.1) is 0 Å². The third-order valence-corrected chi connectivity index (χ3v) is 6.29. The molecule has 0 saturated heterocycles. The molecule has 0 aromatic heterocycles. The van der Waals surface area contributed by atoms with Crippen LogP contribution in [0.2, 0.25) is 5.02 Å². The molecule has 0 aliphatic rings. The quantitative estimate of drug-likeness (QED) is 0.133. The zero-order valence-corrected chi connectivity index (χ0v) is 22.0. The summed E-state index contributed by atoms with van der Waals surface area (Å²) >= 11 is 6.27. The molecule has 0 spiro atoms. The summed E-state index contributed by atoms with van der Waals surface area (Å²) in [6.07, 6.45) is 8.30. The summed E-state index contributed by atoms with van der Waals surface area (Å²) in [5.74, 6) is 0. The van der Waals surface area contributed by atoms with E-state index in [2.05, 4.69) is 52.1 Å². The Balaban J connectivity index is 3.28. The monoisotopic (exact) mass is 495 g/mol. The van der Waals surface area contributed by atoms with Crippen LogP contribution in [0.3, 0.4) is 0 Å². The standard InChI is InChI=1S/C29H41ClF3N/c1-7-10-11-12-13-15-28(22(4)5)34(6)21-23(9-3)26(14-8-2)27-20-25(30)17-16-24(27)18-19-29(31,32)33/h8,14,16-17,20-21,28H,2,4,7,9-13,15,18-19H2,1,3,5-6H3/b23-21-,26-14+. The first kappa shape index (κ1) is 30.1. The van der Waals surface area contributed by atoms with E-state index in [1.54, 1.807) is 24.3 Å². The Morgan fingerprint density at radius 2 is 1.82 bits per heavy atom. The lowest BCUT2D eigenvalue weighted by molar-refractivity contribution is -0.134. The highest BCUT2D eigenvalue weighted by atomic mass is 35.5. The molecule has 34 heavy (non-hydrogen) atoms. The first-order valence-corrected chi connectivity index (χ1v) is 12.7. The predicted molar refractivity (Wildman–Crippen MR) is 142 cm³/mol. The van der Waals surface area contributed by atoms with Gasteiger partial charge in [0.2, 0.25) is 0 Å². The van der Waals surface area contributed by atoms with Crippen molar-refractivity contribution in [1.82, 2.24) is 4.90 Å². The van der Waals surface area contributed by atoms with Gasteiger partial charge in [-0.1, -0.05) is 94.5 Å². The molecule has 0 saturated carbocycles. The summed E-state index contributed by atoms with van der Waals surface area (Å²) in [7, 11) is 2.05. The number of allylic oxidation sites excluding steroid dienone is 4. The highest BCUT2D eigenvalue weighted by Crippen LogP contribution is 2.33. The molecule has 0 amide bonds. The van der Waals surface area contributed by atoms with Crippen molar-refractivity contribution in [2.45, 2.75) is 90.8 Å². The largest absolute Gasteiger partial charge is 0.389 e. The van der Waals surface area contributed by atoms with E-state index < -0.39 is 12.6 Å². The predicted octanol–water partition coefficient (Wildman–Crippen LogP) is 9.94. The molecule has 1 aromatic carbocycles. The summed E-state index contributed by atoms with van der Waals surface area (Å²) in [5.41, 5.74) is 4.34. The van der Waals surface area contributed by atoms with Gasteiger partial charge in [-0.05, 0) is 60.6 Å². The van der Waals surface area contributed by atoms with Gasteiger partial charge in [0, 0.05) is 30.7 Å². The average Bonchev–Trinajstić information content (AvgIpc) is 2.76. The molecule has 1 nitrogen and oxygen atoms in total. The molecule has 1 atom stereocenters. The fraction of sp³-hybridized carbons (Fsp3) is 0.517. The van der Waals surface area contributed by atoms with Crippen molar-refractivity contribution >= 4 is 17.2 Å². The normalized spacial score (nSPS) is 13.6. The van der Waals surface area contributed by atoms with Gasteiger partial charge in [-0.2, -0.15) is 13.2 Å². The van der Waals surface area contributed by atoms with E-state index in [-0.39, 0.29) is 12.5 Å². The lowest BCUT2D eigenvalue weighted by Crippen LogP contribution is -2.28. The summed E-state index contributed by atoms with van der Waals surface area (Å²) < 4.78 is 38.8. The van der Waals surface area contributed by atoms with Gasteiger partial charge < -0.3 is 4.90 Å². The molecule has 1 rings (SSSR count). The molecule has 0 N–H and O–H groups in total. The van der Waals surface area contributed by atoms with Crippen LogP contribution in [0.15, 0.2) is 60.9 Å². The Kier molecular flexibility index (Phi) is 13.4. The van der Waals surface area contributed by atoms with Gasteiger partial charge in [0.15, 0.2) is 0 Å². The van der Waals surface area contributed by atoms with Crippen LogP contribution in [-0.2, 0) is 6.42 Å². The zero-order valence-electron chi connectivity index (χ0n) is 21.3. The van der Waals surface area contributed by atoms with Crippen molar-refractivity contribution in [3.63, 3.8) is 0 Å². The highest BCUT2D eigenvalue weighted by molar-refractivity contribution is 6.30. The fourth-order valence-corrected chi connectivity index (χ4v) is 4.38. The molecule has 1 aromatic rings. The Labute approximate surface area is 210 Å². The van der Waals surface area contributed by atoms with E-state index in [4.69, 9.17) is 11.6 Å². The number of likely N-dealkylation sites (N-methyl/N-ethyl adjacent to an activating group) is 1. The average molecular weight is 496 g/mol. The van der Waals surface area contributed by atoms with Gasteiger partial charge in [-0.25, -0.2) is 0 Å². The van der Waals surface area contributed by atoms with Crippen LogP contribution in [0.4, 0.5) is 13.2 Å². The maximum atomic E-state index is 12.9. The SMILES string of the molecule is C=C/C=C(\C(=C/N(C)C(CCCCCCC)C(=C)C)CC)c1cc(Cl)ccc1CCC(F)(F)F. The fourth-order valence-electron chi connectivity index (χ4n) is 4.21. The highest BCUT2D eigenvalue weighted by Gasteiger charge is 2.27. The lowest BCUT2D eigenvalue weighted by Gasteiger charge is -2.29. The second-order valence-electron chi connectivity index (χ2n) is 8.97.